The van der Waals surface area contributed by atoms with Crippen LogP contribution in [0.2, 0.25) is 0 Å². The van der Waals surface area contributed by atoms with Gasteiger partial charge in [-0.1, -0.05) is 13.3 Å². The lowest BCUT2D eigenvalue weighted by molar-refractivity contribution is 0.0125. The van der Waals surface area contributed by atoms with Crippen LogP contribution in [0.15, 0.2) is 0 Å². The molecule has 0 spiro atoms. The summed E-state index contributed by atoms with van der Waals surface area (Å²) in [5.74, 6) is 0.729. The van der Waals surface area contributed by atoms with Gasteiger partial charge in [-0.2, -0.15) is 0 Å². The summed E-state index contributed by atoms with van der Waals surface area (Å²) < 4.78 is 10.6. The third kappa shape index (κ3) is 4.10. The monoisotopic (exact) mass is 186 g/mol. The molecule has 1 saturated heterocycles. The molecule has 1 aliphatic heterocycles. The van der Waals surface area contributed by atoms with E-state index in [1.807, 2.05) is 0 Å². The topological polar surface area (TPSA) is 21.8 Å². The Morgan fingerprint density at radius 3 is 2.62 bits per heavy atom. The first-order chi connectivity index (χ1) is 6.05. The molecule has 1 heterocycles. The summed E-state index contributed by atoms with van der Waals surface area (Å²) in [6, 6.07) is 0. The highest BCUT2D eigenvalue weighted by atomic mass is 16.6. The van der Waals surface area contributed by atoms with Crippen LogP contribution < -0.4 is 0 Å². The van der Waals surface area contributed by atoms with Gasteiger partial charge >= 0.3 is 0 Å². The smallest absolute Gasteiger partial charge is 0.0835 e. The van der Waals surface area contributed by atoms with Gasteiger partial charge in [0, 0.05) is 7.11 Å². The molecule has 0 unspecified atom stereocenters. The minimum atomic E-state index is 0.0458. The summed E-state index contributed by atoms with van der Waals surface area (Å²) in [4.78, 5) is 0. The van der Waals surface area contributed by atoms with E-state index >= 15 is 0 Å². The van der Waals surface area contributed by atoms with Gasteiger partial charge in [0.15, 0.2) is 0 Å². The number of epoxide rings is 1. The van der Waals surface area contributed by atoms with E-state index in [2.05, 4.69) is 20.8 Å². The zero-order valence-corrected chi connectivity index (χ0v) is 9.30. The minimum absolute atomic E-state index is 0.0458. The van der Waals surface area contributed by atoms with Crippen LogP contribution in [-0.2, 0) is 9.47 Å². The summed E-state index contributed by atoms with van der Waals surface area (Å²) in [6.45, 7) is 7.54. The first kappa shape index (κ1) is 11.0. The van der Waals surface area contributed by atoms with E-state index in [-0.39, 0.29) is 5.60 Å². The van der Waals surface area contributed by atoms with Crippen LogP contribution in [0.5, 0.6) is 0 Å². The Balaban J connectivity index is 2.05. The van der Waals surface area contributed by atoms with Crippen molar-refractivity contribution >= 4 is 0 Å². The fraction of sp³-hybridized carbons (Fsp3) is 1.00. The van der Waals surface area contributed by atoms with E-state index in [1.165, 1.54) is 12.8 Å². The van der Waals surface area contributed by atoms with Gasteiger partial charge in [0.05, 0.1) is 18.3 Å². The lowest BCUT2D eigenvalue weighted by Gasteiger charge is -2.23. The van der Waals surface area contributed by atoms with Crippen molar-refractivity contribution in [3.05, 3.63) is 0 Å². The highest BCUT2D eigenvalue weighted by Gasteiger charge is 2.29. The van der Waals surface area contributed by atoms with Crippen LogP contribution in [0.25, 0.3) is 0 Å². The van der Waals surface area contributed by atoms with Crippen molar-refractivity contribution in [3.63, 3.8) is 0 Å². The Morgan fingerprint density at radius 2 is 2.15 bits per heavy atom. The summed E-state index contributed by atoms with van der Waals surface area (Å²) >= 11 is 0. The molecule has 13 heavy (non-hydrogen) atoms. The number of ether oxygens (including phenoxy) is 2. The molecular weight excluding hydrogens is 164 g/mol. The standard InChI is InChI=1S/C11H22O2/c1-9(10-8-13-10)6-5-7-11(2,3)12-4/h9-10H,5-8H2,1-4H3/t9-,10+/m1/s1. The molecule has 0 aromatic carbocycles. The second-order valence-electron chi connectivity index (χ2n) is 4.71. The average Bonchev–Trinajstić information content (AvgIpc) is 2.86. The Bertz CT molecular complexity index is 150. The van der Waals surface area contributed by atoms with Gasteiger partial charge in [0.1, 0.15) is 0 Å². The van der Waals surface area contributed by atoms with Gasteiger partial charge in [-0.3, -0.25) is 0 Å². The van der Waals surface area contributed by atoms with E-state index in [9.17, 15) is 0 Å². The fourth-order valence-electron chi connectivity index (χ4n) is 1.52. The van der Waals surface area contributed by atoms with Crippen LogP contribution in [0.1, 0.15) is 40.0 Å². The fourth-order valence-corrected chi connectivity index (χ4v) is 1.52. The molecule has 2 nitrogen and oxygen atoms in total. The van der Waals surface area contributed by atoms with Crippen molar-refractivity contribution < 1.29 is 9.47 Å². The summed E-state index contributed by atoms with van der Waals surface area (Å²) in [6.07, 6.45) is 4.20. The molecular formula is C11H22O2. The van der Waals surface area contributed by atoms with Crippen LogP contribution in [0.3, 0.4) is 0 Å². The molecule has 0 amide bonds. The van der Waals surface area contributed by atoms with Gasteiger partial charge in [0.25, 0.3) is 0 Å². The molecule has 0 aliphatic carbocycles. The second kappa shape index (κ2) is 4.43. The van der Waals surface area contributed by atoms with Crippen molar-refractivity contribution in [2.75, 3.05) is 13.7 Å². The van der Waals surface area contributed by atoms with E-state index in [4.69, 9.17) is 9.47 Å². The van der Waals surface area contributed by atoms with Crippen molar-refractivity contribution in [2.24, 2.45) is 5.92 Å². The Hall–Kier alpha value is -0.0800. The maximum absolute atomic E-state index is 5.36. The predicted molar refractivity (Wildman–Crippen MR) is 53.8 cm³/mol. The zero-order valence-electron chi connectivity index (χ0n) is 9.30. The van der Waals surface area contributed by atoms with Crippen molar-refractivity contribution in [3.8, 4) is 0 Å². The summed E-state index contributed by atoms with van der Waals surface area (Å²) in [7, 11) is 1.79. The molecule has 1 fully saturated rings. The molecule has 0 bridgehead atoms. The average molecular weight is 186 g/mol. The Labute approximate surface area is 81.6 Å². The predicted octanol–water partition coefficient (Wildman–Crippen LogP) is 2.62. The lowest BCUT2D eigenvalue weighted by Crippen LogP contribution is -2.22. The SMILES string of the molecule is COC(C)(C)CCC[C@@H](C)[C@@H]1CO1. The molecule has 78 valence electrons. The first-order valence-electron chi connectivity index (χ1n) is 5.22. The summed E-state index contributed by atoms with van der Waals surface area (Å²) in [5.41, 5.74) is 0.0458. The zero-order chi connectivity index (χ0) is 9.90. The number of hydrogen-bond donors (Lipinski definition) is 0. The van der Waals surface area contributed by atoms with Gasteiger partial charge in [-0.15, -0.1) is 0 Å². The third-order valence-electron chi connectivity index (χ3n) is 2.98. The van der Waals surface area contributed by atoms with Crippen molar-refractivity contribution in [1.29, 1.82) is 0 Å². The Morgan fingerprint density at radius 1 is 1.54 bits per heavy atom. The quantitative estimate of drug-likeness (QED) is 0.595. The van der Waals surface area contributed by atoms with E-state index < -0.39 is 0 Å². The highest BCUT2D eigenvalue weighted by Crippen LogP contribution is 2.26. The Kier molecular flexibility index (Phi) is 3.74. The number of methoxy groups -OCH3 is 1. The highest BCUT2D eigenvalue weighted by molar-refractivity contribution is 4.77. The maximum Gasteiger partial charge on any atom is 0.0835 e. The van der Waals surface area contributed by atoms with Crippen LogP contribution in [-0.4, -0.2) is 25.4 Å². The summed E-state index contributed by atoms with van der Waals surface area (Å²) in [5, 5.41) is 0. The number of hydrogen-bond acceptors (Lipinski definition) is 2. The lowest BCUT2D eigenvalue weighted by atomic mass is 9.95. The first-order valence-corrected chi connectivity index (χ1v) is 5.22. The molecule has 2 atom stereocenters. The van der Waals surface area contributed by atoms with Crippen LogP contribution >= 0.6 is 0 Å². The molecule has 2 heteroatoms. The molecule has 0 aromatic rings. The van der Waals surface area contributed by atoms with E-state index in [1.54, 1.807) is 7.11 Å². The number of rotatable bonds is 6. The normalized spacial score (nSPS) is 24.5. The van der Waals surface area contributed by atoms with E-state index in [0.717, 1.165) is 18.9 Å². The second-order valence-corrected chi connectivity index (χ2v) is 4.71. The molecule has 1 aliphatic rings. The van der Waals surface area contributed by atoms with Crippen molar-refractivity contribution in [2.45, 2.75) is 51.7 Å². The van der Waals surface area contributed by atoms with Gasteiger partial charge in [-0.05, 0) is 32.6 Å². The molecule has 0 saturated carbocycles. The third-order valence-corrected chi connectivity index (χ3v) is 2.98. The van der Waals surface area contributed by atoms with Crippen molar-refractivity contribution in [1.82, 2.24) is 0 Å². The molecule has 0 aromatic heterocycles. The van der Waals surface area contributed by atoms with Crippen LogP contribution in [0.4, 0.5) is 0 Å². The van der Waals surface area contributed by atoms with Gasteiger partial charge in [0.2, 0.25) is 0 Å². The molecule has 0 radical (unpaired) electrons. The largest absolute Gasteiger partial charge is 0.379 e. The van der Waals surface area contributed by atoms with Crippen LogP contribution in [0, 0.1) is 5.92 Å². The molecule has 0 N–H and O–H groups in total. The minimum Gasteiger partial charge on any atom is -0.379 e. The molecule has 1 rings (SSSR count). The van der Waals surface area contributed by atoms with E-state index in [0.29, 0.717) is 6.10 Å². The maximum atomic E-state index is 5.36. The van der Waals surface area contributed by atoms with Gasteiger partial charge < -0.3 is 9.47 Å². The van der Waals surface area contributed by atoms with Gasteiger partial charge in [-0.25, -0.2) is 0 Å².